The standard InChI is InChI=1S/C23H24N6OS/c24-16-18-6-7-22-25-29(23(30)28(22)17-18)10-2-1-9-26-11-13-27(14-12-26)20-4-3-5-21-19(20)8-15-31-21/h3-8,15,17H,1-2,9-14H2. The van der Waals surface area contributed by atoms with E-state index in [0.29, 0.717) is 17.8 Å². The molecule has 0 aliphatic carbocycles. The molecular weight excluding hydrogens is 408 g/mol. The summed E-state index contributed by atoms with van der Waals surface area (Å²) in [6, 6.07) is 14.3. The van der Waals surface area contributed by atoms with Gasteiger partial charge in [-0.15, -0.1) is 16.4 Å². The number of pyridine rings is 1. The molecule has 158 valence electrons. The van der Waals surface area contributed by atoms with Crippen LogP contribution in [0.2, 0.25) is 0 Å². The van der Waals surface area contributed by atoms with Gasteiger partial charge in [-0.25, -0.2) is 13.9 Å². The highest BCUT2D eigenvalue weighted by molar-refractivity contribution is 7.17. The van der Waals surface area contributed by atoms with E-state index in [2.05, 4.69) is 50.6 Å². The van der Waals surface area contributed by atoms with Crippen molar-refractivity contribution in [1.29, 1.82) is 5.26 Å². The summed E-state index contributed by atoms with van der Waals surface area (Å²) in [4.78, 5) is 17.5. The number of aromatic nitrogens is 3. The molecule has 7 nitrogen and oxygen atoms in total. The molecule has 0 unspecified atom stereocenters. The van der Waals surface area contributed by atoms with Crippen LogP contribution >= 0.6 is 11.3 Å². The third-order valence-corrected chi connectivity index (χ3v) is 6.87. The molecule has 0 saturated carbocycles. The van der Waals surface area contributed by atoms with Gasteiger partial charge in [-0.2, -0.15) is 5.26 Å². The van der Waals surface area contributed by atoms with Gasteiger partial charge in [0.25, 0.3) is 0 Å². The number of anilines is 1. The first-order valence-electron chi connectivity index (χ1n) is 10.7. The average molecular weight is 433 g/mol. The molecule has 0 bridgehead atoms. The van der Waals surface area contributed by atoms with Crippen LogP contribution in [0.3, 0.4) is 0 Å². The zero-order valence-corrected chi connectivity index (χ0v) is 18.1. The predicted octanol–water partition coefficient (Wildman–Crippen LogP) is 3.18. The number of hydrogen-bond donors (Lipinski definition) is 0. The van der Waals surface area contributed by atoms with Gasteiger partial charge in [-0.05, 0) is 55.1 Å². The summed E-state index contributed by atoms with van der Waals surface area (Å²) in [6.07, 6.45) is 3.49. The van der Waals surface area contributed by atoms with Crippen molar-refractivity contribution in [2.45, 2.75) is 19.4 Å². The van der Waals surface area contributed by atoms with Crippen molar-refractivity contribution in [3.63, 3.8) is 0 Å². The molecule has 0 amide bonds. The minimum Gasteiger partial charge on any atom is -0.368 e. The Balaban J connectivity index is 1.12. The van der Waals surface area contributed by atoms with Crippen molar-refractivity contribution in [3.05, 3.63) is 64.0 Å². The van der Waals surface area contributed by atoms with Gasteiger partial charge in [-0.3, -0.25) is 4.90 Å². The van der Waals surface area contributed by atoms with Crippen molar-refractivity contribution >= 4 is 32.8 Å². The summed E-state index contributed by atoms with van der Waals surface area (Å²) in [6.45, 7) is 5.85. The molecule has 1 aliphatic rings. The number of unbranched alkanes of at least 4 members (excludes halogenated alkanes) is 1. The Labute approximate surface area is 184 Å². The second kappa shape index (κ2) is 8.53. The maximum absolute atomic E-state index is 12.5. The Kier molecular flexibility index (Phi) is 5.45. The number of rotatable bonds is 6. The molecular formula is C23H24N6OS. The van der Waals surface area contributed by atoms with Gasteiger partial charge < -0.3 is 4.90 Å². The Morgan fingerprint density at radius 2 is 1.87 bits per heavy atom. The molecule has 1 aliphatic heterocycles. The summed E-state index contributed by atoms with van der Waals surface area (Å²) in [5.41, 5.74) is 2.22. The fraction of sp³-hybridized carbons (Fsp3) is 0.348. The Bertz CT molecular complexity index is 1310. The predicted molar refractivity (Wildman–Crippen MR) is 124 cm³/mol. The number of thiophene rings is 1. The van der Waals surface area contributed by atoms with Gasteiger partial charge >= 0.3 is 5.69 Å². The summed E-state index contributed by atoms with van der Waals surface area (Å²) < 4.78 is 4.31. The van der Waals surface area contributed by atoms with Gasteiger partial charge in [0, 0.05) is 54.7 Å². The Morgan fingerprint density at radius 1 is 1.03 bits per heavy atom. The third kappa shape index (κ3) is 3.94. The van der Waals surface area contributed by atoms with Gasteiger partial charge in [0.05, 0.1) is 5.56 Å². The first-order chi connectivity index (χ1) is 15.2. The van der Waals surface area contributed by atoms with E-state index < -0.39 is 0 Å². The van der Waals surface area contributed by atoms with Crippen LogP contribution in [0.5, 0.6) is 0 Å². The number of hydrogen-bond acceptors (Lipinski definition) is 6. The van der Waals surface area contributed by atoms with E-state index in [9.17, 15) is 4.79 Å². The van der Waals surface area contributed by atoms with E-state index in [0.717, 1.165) is 45.6 Å². The molecule has 0 atom stereocenters. The summed E-state index contributed by atoms with van der Waals surface area (Å²) in [5, 5.41) is 16.9. The number of benzene rings is 1. The average Bonchev–Trinajstić information content (AvgIpc) is 3.41. The maximum Gasteiger partial charge on any atom is 0.350 e. The second-order valence-corrected chi connectivity index (χ2v) is 8.86. The van der Waals surface area contributed by atoms with E-state index in [1.54, 1.807) is 29.7 Å². The molecule has 0 radical (unpaired) electrons. The lowest BCUT2D eigenvalue weighted by Crippen LogP contribution is -2.46. The van der Waals surface area contributed by atoms with Crippen molar-refractivity contribution < 1.29 is 0 Å². The van der Waals surface area contributed by atoms with E-state index in [1.165, 1.54) is 24.9 Å². The minimum atomic E-state index is -0.177. The largest absolute Gasteiger partial charge is 0.368 e. The zero-order chi connectivity index (χ0) is 21.2. The lowest BCUT2D eigenvalue weighted by molar-refractivity contribution is 0.251. The van der Waals surface area contributed by atoms with Crippen LogP contribution in [0.15, 0.2) is 52.8 Å². The molecule has 1 saturated heterocycles. The van der Waals surface area contributed by atoms with Gasteiger partial charge in [0.15, 0.2) is 5.65 Å². The van der Waals surface area contributed by atoms with Gasteiger partial charge in [0.2, 0.25) is 0 Å². The van der Waals surface area contributed by atoms with Crippen LogP contribution < -0.4 is 10.6 Å². The van der Waals surface area contributed by atoms with E-state index >= 15 is 0 Å². The maximum atomic E-state index is 12.5. The van der Waals surface area contributed by atoms with Crippen LogP contribution in [-0.4, -0.2) is 51.8 Å². The molecule has 1 aromatic carbocycles. The third-order valence-electron chi connectivity index (χ3n) is 5.99. The summed E-state index contributed by atoms with van der Waals surface area (Å²) in [7, 11) is 0. The molecule has 4 heterocycles. The van der Waals surface area contributed by atoms with Crippen LogP contribution in [0.1, 0.15) is 18.4 Å². The number of nitrogens with zero attached hydrogens (tertiary/aromatic N) is 6. The van der Waals surface area contributed by atoms with E-state index in [1.807, 2.05) is 0 Å². The number of nitriles is 1. The molecule has 31 heavy (non-hydrogen) atoms. The summed E-state index contributed by atoms with van der Waals surface area (Å²) in [5.74, 6) is 0. The molecule has 3 aromatic heterocycles. The SMILES string of the molecule is N#Cc1ccc2nn(CCCCN3CCN(c4cccc5sccc45)CC3)c(=O)n2c1. The zero-order valence-electron chi connectivity index (χ0n) is 17.3. The normalized spacial score (nSPS) is 15.0. The fourth-order valence-corrected chi connectivity index (χ4v) is 5.10. The first kappa shape index (κ1) is 19.8. The highest BCUT2D eigenvalue weighted by Crippen LogP contribution is 2.31. The first-order valence-corrected chi connectivity index (χ1v) is 11.5. The molecule has 0 N–H and O–H groups in total. The number of aryl methyl sites for hydroxylation is 1. The molecule has 8 heteroatoms. The Hall–Kier alpha value is -3.15. The van der Waals surface area contributed by atoms with Gasteiger partial charge in [0.1, 0.15) is 6.07 Å². The van der Waals surface area contributed by atoms with E-state index in [4.69, 9.17) is 5.26 Å². The van der Waals surface area contributed by atoms with Gasteiger partial charge in [-0.1, -0.05) is 6.07 Å². The molecule has 4 aromatic rings. The molecule has 5 rings (SSSR count). The van der Waals surface area contributed by atoms with Crippen molar-refractivity contribution in [2.24, 2.45) is 0 Å². The van der Waals surface area contributed by atoms with Crippen LogP contribution in [0.25, 0.3) is 15.7 Å². The lowest BCUT2D eigenvalue weighted by Gasteiger charge is -2.36. The van der Waals surface area contributed by atoms with Crippen molar-refractivity contribution in [2.75, 3.05) is 37.6 Å². The molecule has 1 fully saturated rings. The highest BCUT2D eigenvalue weighted by Gasteiger charge is 2.18. The van der Waals surface area contributed by atoms with E-state index in [-0.39, 0.29) is 5.69 Å². The number of fused-ring (bicyclic) bond motifs is 2. The minimum absolute atomic E-state index is 0.177. The van der Waals surface area contributed by atoms with Crippen molar-refractivity contribution in [3.8, 4) is 6.07 Å². The smallest absolute Gasteiger partial charge is 0.350 e. The Morgan fingerprint density at radius 3 is 2.71 bits per heavy atom. The monoisotopic (exact) mass is 432 g/mol. The van der Waals surface area contributed by atoms with Crippen LogP contribution in [-0.2, 0) is 6.54 Å². The topological polar surface area (TPSA) is 69.6 Å². The van der Waals surface area contributed by atoms with Crippen molar-refractivity contribution in [1.82, 2.24) is 19.1 Å². The second-order valence-electron chi connectivity index (χ2n) is 7.91. The number of piperazine rings is 1. The highest BCUT2D eigenvalue weighted by atomic mass is 32.1. The molecule has 0 spiro atoms. The van der Waals surface area contributed by atoms with Crippen LogP contribution in [0.4, 0.5) is 5.69 Å². The lowest BCUT2D eigenvalue weighted by atomic mass is 10.2. The summed E-state index contributed by atoms with van der Waals surface area (Å²) >= 11 is 1.80. The van der Waals surface area contributed by atoms with Crippen LogP contribution in [0, 0.1) is 11.3 Å². The fourth-order valence-electron chi connectivity index (χ4n) is 4.29. The quantitative estimate of drug-likeness (QED) is 0.438.